The minimum atomic E-state index is -0.750. The molecule has 0 saturated carbocycles. The standard InChI is InChI=1S/CH4S.BH3O2.K.H2O.H/c1-2;2-1-3;;;/h2H,1H3;1-3H;;1H2;. The summed E-state index contributed by atoms with van der Waals surface area (Å²) < 4.78 is 0. The summed E-state index contributed by atoms with van der Waals surface area (Å²) in [5, 5.41) is 14.2. The van der Waals surface area contributed by atoms with Gasteiger partial charge in [0.2, 0.25) is 0 Å². The van der Waals surface area contributed by atoms with Gasteiger partial charge in [-0.25, -0.2) is 0 Å². The fourth-order valence-electron chi connectivity index (χ4n) is 0. The van der Waals surface area contributed by atoms with Crippen LogP contribution in [0.2, 0.25) is 0 Å². The van der Waals surface area contributed by atoms with E-state index in [-0.39, 0.29) is 56.9 Å². The van der Waals surface area contributed by atoms with Crippen LogP contribution in [0.25, 0.3) is 0 Å². The molecular formula is CH10BKO3S. The first-order chi connectivity index (χ1) is 2.41. The van der Waals surface area contributed by atoms with Crippen LogP contribution in [0.5, 0.6) is 0 Å². The Kier molecular flexibility index (Phi) is 146. The first-order valence-corrected chi connectivity index (χ1v) is 1.97. The Morgan fingerprint density at radius 2 is 1.29 bits per heavy atom. The Hall–Kier alpha value is 1.93. The van der Waals surface area contributed by atoms with Crippen molar-refractivity contribution in [3.63, 3.8) is 0 Å². The van der Waals surface area contributed by atoms with E-state index in [1.54, 1.807) is 6.26 Å². The van der Waals surface area contributed by atoms with Crippen molar-refractivity contribution in [3.05, 3.63) is 0 Å². The van der Waals surface area contributed by atoms with Crippen LogP contribution in [0.1, 0.15) is 0 Å². The van der Waals surface area contributed by atoms with Crippen molar-refractivity contribution in [2.75, 3.05) is 6.26 Å². The zero-order valence-corrected chi connectivity index (χ0v) is 4.44. The van der Waals surface area contributed by atoms with Crippen LogP contribution in [-0.2, 0) is 0 Å². The molecule has 6 heteroatoms. The van der Waals surface area contributed by atoms with Gasteiger partial charge in [-0.2, -0.15) is 12.6 Å². The molecule has 0 aliphatic rings. The van der Waals surface area contributed by atoms with Gasteiger partial charge in [0, 0.05) is 0 Å². The van der Waals surface area contributed by atoms with Crippen LogP contribution in [0, 0.1) is 0 Å². The molecule has 0 aliphatic heterocycles. The monoisotopic (exact) mass is 152 g/mol. The third-order valence-electron chi connectivity index (χ3n) is 0. The molecule has 3 nitrogen and oxygen atoms in total. The van der Waals surface area contributed by atoms with E-state index in [0.29, 0.717) is 0 Å². The van der Waals surface area contributed by atoms with Gasteiger partial charge in [0.1, 0.15) is 0 Å². The molecule has 0 saturated heterocycles. The Morgan fingerprint density at radius 3 is 1.29 bits per heavy atom. The zero-order chi connectivity index (χ0) is 4.71. The second kappa shape index (κ2) is 44.3. The van der Waals surface area contributed by atoms with Gasteiger partial charge in [0.05, 0.1) is 0 Å². The predicted molar refractivity (Wildman–Crippen MR) is 37.3 cm³/mol. The van der Waals surface area contributed by atoms with E-state index >= 15 is 0 Å². The van der Waals surface area contributed by atoms with Crippen LogP contribution in [0.4, 0.5) is 0 Å². The molecule has 0 heterocycles. The first-order valence-electron chi connectivity index (χ1n) is 1.08. The molecule has 0 aromatic heterocycles. The summed E-state index contributed by atoms with van der Waals surface area (Å²) in [5.74, 6) is 0. The van der Waals surface area contributed by atoms with Crippen LogP contribution in [-0.4, -0.2) is 80.8 Å². The SMILES string of the molecule is CS.O.OBO.[KH]. The molecule has 7 heavy (non-hydrogen) atoms. The van der Waals surface area contributed by atoms with Gasteiger partial charge < -0.3 is 15.5 Å². The van der Waals surface area contributed by atoms with Gasteiger partial charge in [-0.05, 0) is 6.26 Å². The summed E-state index contributed by atoms with van der Waals surface area (Å²) in [6.07, 6.45) is 1.69. The molecule has 0 bridgehead atoms. The molecule has 0 radical (unpaired) electrons. The molecule has 0 spiro atoms. The van der Waals surface area contributed by atoms with E-state index in [9.17, 15) is 0 Å². The molecule has 0 aliphatic carbocycles. The van der Waals surface area contributed by atoms with Gasteiger partial charge in [-0.1, -0.05) is 0 Å². The molecule has 0 atom stereocenters. The van der Waals surface area contributed by atoms with Crippen molar-refractivity contribution in [1.29, 1.82) is 0 Å². The Balaban J connectivity index is -0.0000000105. The first kappa shape index (κ1) is 23.1. The molecule has 42 valence electrons. The van der Waals surface area contributed by atoms with Crippen molar-refractivity contribution in [2.24, 2.45) is 0 Å². The van der Waals surface area contributed by atoms with Gasteiger partial charge in [0.15, 0.2) is 0 Å². The van der Waals surface area contributed by atoms with Crippen molar-refractivity contribution in [2.45, 2.75) is 0 Å². The van der Waals surface area contributed by atoms with E-state index < -0.39 is 7.69 Å². The van der Waals surface area contributed by atoms with Crippen molar-refractivity contribution >= 4 is 71.7 Å². The average Bonchev–Trinajstić information content (AvgIpc) is 1.46. The van der Waals surface area contributed by atoms with E-state index in [4.69, 9.17) is 10.0 Å². The molecule has 4 N–H and O–H groups in total. The Morgan fingerprint density at radius 1 is 1.29 bits per heavy atom. The van der Waals surface area contributed by atoms with E-state index in [2.05, 4.69) is 12.6 Å². The van der Waals surface area contributed by atoms with Crippen LogP contribution in [0.3, 0.4) is 0 Å². The summed E-state index contributed by atoms with van der Waals surface area (Å²) in [6, 6.07) is 0. The molecule has 0 unspecified atom stereocenters. The van der Waals surface area contributed by atoms with Gasteiger partial charge in [-0.15, -0.1) is 0 Å². The number of thiol groups is 1. The summed E-state index contributed by atoms with van der Waals surface area (Å²) in [5.41, 5.74) is 0. The van der Waals surface area contributed by atoms with Gasteiger partial charge >= 0.3 is 59.1 Å². The van der Waals surface area contributed by atoms with Crippen molar-refractivity contribution in [1.82, 2.24) is 0 Å². The fraction of sp³-hybridized carbons (Fsp3) is 1.00. The van der Waals surface area contributed by atoms with Crippen molar-refractivity contribution < 1.29 is 15.5 Å². The quantitative estimate of drug-likeness (QED) is 0.261. The summed E-state index contributed by atoms with van der Waals surface area (Å²) >= 11 is 3.53. The van der Waals surface area contributed by atoms with Crippen LogP contribution < -0.4 is 0 Å². The third-order valence-corrected chi connectivity index (χ3v) is 0. The second-order valence-corrected chi connectivity index (χ2v) is 0.141. The van der Waals surface area contributed by atoms with Gasteiger partial charge in [0.25, 0.3) is 0 Å². The normalized spacial score (nSPS) is 2.86. The second-order valence-electron chi connectivity index (χ2n) is 0.141. The molecule has 0 aromatic rings. The Bertz CT molecular complexity index is 14.9. The summed E-state index contributed by atoms with van der Waals surface area (Å²) in [7, 11) is -0.750. The van der Waals surface area contributed by atoms with E-state index in [1.807, 2.05) is 0 Å². The number of hydrogen-bond donors (Lipinski definition) is 3. The molecular weight excluding hydrogens is 142 g/mol. The average molecular weight is 152 g/mol. The molecule has 0 aromatic carbocycles. The van der Waals surface area contributed by atoms with E-state index in [1.165, 1.54) is 0 Å². The van der Waals surface area contributed by atoms with Crippen LogP contribution in [0.15, 0.2) is 0 Å². The number of rotatable bonds is 0. The predicted octanol–water partition coefficient (Wildman–Crippen LogP) is -2.69. The molecule has 0 amide bonds. The third kappa shape index (κ3) is 74.8. The van der Waals surface area contributed by atoms with Crippen LogP contribution >= 0.6 is 12.6 Å². The summed E-state index contributed by atoms with van der Waals surface area (Å²) in [6.45, 7) is 0. The fourth-order valence-corrected chi connectivity index (χ4v) is 0. The molecule has 0 rings (SSSR count). The maximum atomic E-state index is 7.12. The molecule has 0 fully saturated rings. The minimum absolute atomic E-state index is 0. The topological polar surface area (TPSA) is 72.0 Å². The maximum absolute atomic E-state index is 7.12. The number of hydrogen-bond acceptors (Lipinski definition) is 3. The van der Waals surface area contributed by atoms with Crippen molar-refractivity contribution in [3.8, 4) is 0 Å². The zero-order valence-electron chi connectivity index (χ0n) is 3.55. The van der Waals surface area contributed by atoms with Gasteiger partial charge in [-0.3, -0.25) is 0 Å². The van der Waals surface area contributed by atoms with E-state index in [0.717, 1.165) is 0 Å². The Labute approximate surface area is 91.9 Å². The summed E-state index contributed by atoms with van der Waals surface area (Å²) in [4.78, 5) is 0.